The molecule has 2 N–H and O–H groups in total. The summed E-state index contributed by atoms with van der Waals surface area (Å²) in [6.07, 6.45) is 5.53. The molecule has 1 aromatic rings. The van der Waals surface area contributed by atoms with Gasteiger partial charge in [0.2, 0.25) is 5.91 Å². The van der Waals surface area contributed by atoms with E-state index in [0.29, 0.717) is 6.04 Å². The Labute approximate surface area is 127 Å². The van der Waals surface area contributed by atoms with E-state index in [1.54, 1.807) is 6.92 Å². The van der Waals surface area contributed by atoms with Crippen LogP contribution in [0.15, 0.2) is 30.3 Å². The molecule has 1 aromatic carbocycles. The van der Waals surface area contributed by atoms with Crippen LogP contribution in [0.4, 0.5) is 0 Å². The van der Waals surface area contributed by atoms with Crippen molar-refractivity contribution in [1.29, 1.82) is 0 Å². The Bertz CT molecular complexity index is 408. The van der Waals surface area contributed by atoms with Crippen molar-refractivity contribution in [3.05, 3.63) is 35.9 Å². The van der Waals surface area contributed by atoms with Gasteiger partial charge < -0.3 is 10.6 Å². The molecule has 1 aliphatic heterocycles. The molecule has 1 aliphatic rings. The van der Waals surface area contributed by atoms with Gasteiger partial charge in [-0.05, 0) is 44.6 Å². The van der Waals surface area contributed by atoms with Gasteiger partial charge in [-0.2, -0.15) is 0 Å². The minimum atomic E-state index is -0.377. The fraction of sp³-hybridized carbons (Fsp3) is 0.562. The van der Waals surface area contributed by atoms with Gasteiger partial charge in [-0.25, -0.2) is 0 Å². The van der Waals surface area contributed by atoms with Crippen molar-refractivity contribution in [2.24, 2.45) is 5.73 Å². The molecule has 1 amide bonds. The molecule has 2 atom stereocenters. The molecular weight excluding hydrogens is 272 g/mol. The molecule has 2 rings (SSSR count). The predicted octanol–water partition coefficient (Wildman–Crippen LogP) is 2.77. The summed E-state index contributed by atoms with van der Waals surface area (Å²) in [5.74, 6) is 0.109. The minimum Gasteiger partial charge on any atom is -0.338 e. The van der Waals surface area contributed by atoms with Crippen molar-refractivity contribution in [3.8, 4) is 0 Å². The predicted molar refractivity (Wildman–Crippen MR) is 85.0 cm³/mol. The normalized spacial score (nSPS) is 20.1. The maximum atomic E-state index is 12.1. The second-order valence-corrected chi connectivity index (χ2v) is 5.49. The van der Waals surface area contributed by atoms with Crippen LogP contribution in [0.5, 0.6) is 0 Å². The molecule has 1 saturated heterocycles. The van der Waals surface area contributed by atoms with Crippen LogP contribution >= 0.6 is 12.4 Å². The molecule has 1 fully saturated rings. The first-order chi connectivity index (χ1) is 9.18. The lowest BCUT2D eigenvalue weighted by atomic mass is 9.95. The highest BCUT2D eigenvalue weighted by atomic mass is 35.5. The van der Waals surface area contributed by atoms with Gasteiger partial charge in [0.05, 0.1) is 6.04 Å². The number of amides is 1. The SMILES string of the molecule is C[C@@H](N)C(=O)N1CCCCC1CCc1ccccc1.Cl. The zero-order valence-corrected chi connectivity index (χ0v) is 12.9. The van der Waals surface area contributed by atoms with E-state index < -0.39 is 0 Å². The highest BCUT2D eigenvalue weighted by Gasteiger charge is 2.27. The smallest absolute Gasteiger partial charge is 0.239 e. The Hall–Kier alpha value is -1.06. The van der Waals surface area contributed by atoms with Gasteiger partial charge in [0.25, 0.3) is 0 Å². The topological polar surface area (TPSA) is 46.3 Å². The second-order valence-electron chi connectivity index (χ2n) is 5.49. The van der Waals surface area contributed by atoms with E-state index in [1.165, 1.54) is 12.0 Å². The molecule has 0 aromatic heterocycles. The monoisotopic (exact) mass is 296 g/mol. The number of nitrogens with two attached hydrogens (primary N) is 1. The van der Waals surface area contributed by atoms with Gasteiger partial charge >= 0.3 is 0 Å². The van der Waals surface area contributed by atoms with Crippen molar-refractivity contribution < 1.29 is 4.79 Å². The third-order valence-corrected chi connectivity index (χ3v) is 3.91. The van der Waals surface area contributed by atoms with Crippen LogP contribution in [0.1, 0.15) is 38.2 Å². The van der Waals surface area contributed by atoms with E-state index in [9.17, 15) is 4.79 Å². The summed E-state index contributed by atoms with van der Waals surface area (Å²) in [5.41, 5.74) is 7.09. The standard InChI is InChI=1S/C16H24N2O.ClH/c1-13(17)16(19)18-12-6-5-9-15(18)11-10-14-7-3-2-4-8-14;/h2-4,7-8,13,15H,5-6,9-12,17H2,1H3;1H/t13-,15?;/m1./s1. The first kappa shape index (κ1) is 17.0. The molecular formula is C16H25ClN2O. The van der Waals surface area contributed by atoms with Crippen LogP contribution in [0.3, 0.4) is 0 Å². The molecule has 0 spiro atoms. The number of rotatable bonds is 4. The Kier molecular flexibility index (Phi) is 7.03. The lowest BCUT2D eigenvalue weighted by Gasteiger charge is -2.37. The number of piperidine rings is 1. The van der Waals surface area contributed by atoms with Crippen molar-refractivity contribution in [2.45, 2.75) is 51.1 Å². The number of halogens is 1. The molecule has 112 valence electrons. The van der Waals surface area contributed by atoms with E-state index in [1.807, 2.05) is 11.0 Å². The molecule has 1 unspecified atom stereocenters. The van der Waals surface area contributed by atoms with Gasteiger partial charge in [-0.3, -0.25) is 4.79 Å². The highest BCUT2D eigenvalue weighted by Crippen LogP contribution is 2.22. The Balaban J connectivity index is 0.00000200. The lowest BCUT2D eigenvalue weighted by molar-refractivity contribution is -0.136. The molecule has 0 saturated carbocycles. The summed E-state index contributed by atoms with van der Waals surface area (Å²) in [4.78, 5) is 14.1. The van der Waals surface area contributed by atoms with E-state index in [0.717, 1.165) is 32.2 Å². The average molecular weight is 297 g/mol. The van der Waals surface area contributed by atoms with Gasteiger partial charge in [0, 0.05) is 12.6 Å². The van der Waals surface area contributed by atoms with Crippen LogP contribution in [0.2, 0.25) is 0 Å². The first-order valence-electron chi connectivity index (χ1n) is 7.28. The third kappa shape index (κ3) is 4.50. The maximum Gasteiger partial charge on any atom is 0.239 e. The lowest BCUT2D eigenvalue weighted by Crippen LogP contribution is -2.49. The number of aryl methyl sites for hydroxylation is 1. The minimum absolute atomic E-state index is 0. The molecule has 4 heteroatoms. The second kappa shape index (κ2) is 8.28. The van der Waals surface area contributed by atoms with Crippen molar-refractivity contribution >= 4 is 18.3 Å². The fourth-order valence-electron chi connectivity index (χ4n) is 2.83. The number of benzene rings is 1. The zero-order chi connectivity index (χ0) is 13.7. The summed E-state index contributed by atoms with van der Waals surface area (Å²) in [7, 11) is 0. The van der Waals surface area contributed by atoms with Crippen LogP contribution in [0.25, 0.3) is 0 Å². The fourth-order valence-corrected chi connectivity index (χ4v) is 2.83. The zero-order valence-electron chi connectivity index (χ0n) is 12.1. The number of likely N-dealkylation sites (tertiary alicyclic amines) is 1. The molecule has 3 nitrogen and oxygen atoms in total. The summed E-state index contributed by atoms with van der Waals surface area (Å²) in [6.45, 7) is 2.66. The van der Waals surface area contributed by atoms with Crippen LogP contribution < -0.4 is 5.73 Å². The Morgan fingerprint density at radius 1 is 1.35 bits per heavy atom. The van der Waals surface area contributed by atoms with Crippen LogP contribution in [0, 0.1) is 0 Å². The van der Waals surface area contributed by atoms with Crippen molar-refractivity contribution in [2.75, 3.05) is 6.54 Å². The molecule has 0 radical (unpaired) electrons. The first-order valence-corrected chi connectivity index (χ1v) is 7.28. The Morgan fingerprint density at radius 3 is 2.70 bits per heavy atom. The number of carbonyl (C=O) groups is 1. The summed E-state index contributed by atoms with van der Waals surface area (Å²) >= 11 is 0. The number of hydrogen-bond donors (Lipinski definition) is 1. The molecule has 0 bridgehead atoms. The van der Waals surface area contributed by atoms with Gasteiger partial charge in [-0.1, -0.05) is 30.3 Å². The van der Waals surface area contributed by atoms with E-state index in [-0.39, 0.29) is 24.4 Å². The summed E-state index contributed by atoms with van der Waals surface area (Å²) < 4.78 is 0. The largest absolute Gasteiger partial charge is 0.338 e. The third-order valence-electron chi connectivity index (χ3n) is 3.91. The summed E-state index contributed by atoms with van der Waals surface area (Å²) in [6, 6.07) is 10.5. The van der Waals surface area contributed by atoms with Gasteiger partial charge in [-0.15, -0.1) is 12.4 Å². The summed E-state index contributed by atoms with van der Waals surface area (Å²) in [5, 5.41) is 0. The highest BCUT2D eigenvalue weighted by molar-refractivity contribution is 5.85. The number of nitrogens with zero attached hydrogens (tertiary/aromatic N) is 1. The Morgan fingerprint density at radius 2 is 2.05 bits per heavy atom. The van der Waals surface area contributed by atoms with Gasteiger partial charge in [0.1, 0.15) is 0 Å². The maximum absolute atomic E-state index is 12.1. The van der Waals surface area contributed by atoms with Crippen LogP contribution in [-0.4, -0.2) is 29.4 Å². The van der Waals surface area contributed by atoms with Crippen molar-refractivity contribution in [1.82, 2.24) is 4.90 Å². The molecule has 0 aliphatic carbocycles. The number of hydrogen-bond acceptors (Lipinski definition) is 2. The van der Waals surface area contributed by atoms with E-state index >= 15 is 0 Å². The van der Waals surface area contributed by atoms with E-state index in [4.69, 9.17) is 5.73 Å². The quantitative estimate of drug-likeness (QED) is 0.928. The average Bonchev–Trinajstić information content (AvgIpc) is 2.45. The van der Waals surface area contributed by atoms with Crippen molar-refractivity contribution in [3.63, 3.8) is 0 Å². The molecule has 1 heterocycles. The van der Waals surface area contributed by atoms with Gasteiger partial charge in [0.15, 0.2) is 0 Å². The molecule has 20 heavy (non-hydrogen) atoms. The van der Waals surface area contributed by atoms with E-state index in [2.05, 4.69) is 24.3 Å². The number of carbonyl (C=O) groups excluding carboxylic acids is 1. The van der Waals surface area contributed by atoms with Crippen LogP contribution in [-0.2, 0) is 11.2 Å².